The van der Waals surface area contributed by atoms with E-state index in [1.54, 1.807) is 24.3 Å². The zero-order valence-corrected chi connectivity index (χ0v) is 8.52. The minimum Gasteiger partial charge on any atom is -0.338 e. The van der Waals surface area contributed by atoms with Crippen molar-refractivity contribution in [1.82, 2.24) is 4.57 Å². The first-order valence-corrected chi connectivity index (χ1v) is 4.76. The van der Waals surface area contributed by atoms with E-state index in [-0.39, 0.29) is 0 Å². The second-order valence-electron chi connectivity index (χ2n) is 3.27. The molecule has 0 bridgehead atoms. The Kier molecular flexibility index (Phi) is 2.42. The van der Waals surface area contributed by atoms with Gasteiger partial charge in [0, 0.05) is 22.0 Å². The third-order valence-corrected chi connectivity index (χ3v) is 2.53. The second kappa shape index (κ2) is 3.48. The normalized spacial score (nSPS) is 12.3. The summed E-state index contributed by atoms with van der Waals surface area (Å²) in [7, 11) is 0. The molecule has 1 aromatic carbocycles. The van der Waals surface area contributed by atoms with Crippen molar-refractivity contribution in [3.8, 4) is 0 Å². The summed E-state index contributed by atoms with van der Waals surface area (Å²) >= 11 is 4.18. The quantitative estimate of drug-likeness (QED) is 0.717. The number of nitrogens with zero attached hydrogens (tertiary/aromatic N) is 1. The van der Waals surface area contributed by atoms with Crippen LogP contribution in [-0.2, 0) is 6.54 Å². The zero-order chi connectivity index (χ0) is 11.1. The van der Waals surface area contributed by atoms with Crippen molar-refractivity contribution in [3.63, 3.8) is 0 Å². The molecule has 1 heterocycles. The highest BCUT2D eigenvalue weighted by Gasteiger charge is 2.28. The lowest BCUT2D eigenvalue weighted by atomic mass is 10.2. The summed E-state index contributed by atoms with van der Waals surface area (Å²) in [5, 5.41) is 0.741. The summed E-state index contributed by atoms with van der Waals surface area (Å²) in [4.78, 5) is 0.688. The maximum atomic E-state index is 12.2. The Balaban J connectivity index is 2.50. The minimum absolute atomic E-state index is 0.555. The van der Waals surface area contributed by atoms with Crippen LogP contribution in [0.5, 0.6) is 0 Å². The van der Waals surface area contributed by atoms with Gasteiger partial charge in [-0.2, -0.15) is 13.2 Å². The molecule has 0 unspecified atom stereocenters. The van der Waals surface area contributed by atoms with Crippen LogP contribution in [0.4, 0.5) is 13.2 Å². The molecule has 0 amide bonds. The first-order valence-electron chi connectivity index (χ1n) is 4.31. The lowest BCUT2D eigenvalue weighted by Gasteiger charge is -2.08. The van der Waals surface area contributed by atoms with Crippen molar-refractivity contribution in [2.75, 3.05) is 0 Å². The van der Waals surface area contributed by atoms with Crippen molar-refractivity contribution >= 4 is 23.5 Å². The van der Waals surface area contributed by atoms with Gasteiger partial charge in [-0.3, -0.25) is 0 Å². The predicted octanol–water partition coefficient (Wildman–Crippen LogP) is 3.49. The maximum Gasteiger partial charge on any atom is 0.406 e. The highest BCUT2D eigenvalue weighted by Crippen LogP contribution is 2.26. The summed E-state index contributed by atoms with van der Waals surface area (Å²) in [5.41, 5.74) is 0.555. The van der Waals surface area contributed by atoms with Crippen LogP contribution >= 0.6 is 12.6 Å². The van der Waals surface area contributed by atoms with Crippen LogP contribution in [0.25, 0.3) is 10.9 Å². The van der Waals surface area contributed by atoms with Crippen molar-refractivity contribution in [2.45, 2.75) is 17.6 Å². The second-order valence-corrected chi connectivity index (χ2v) is 3.75. The topological polar surface area (TPSA) is 4.93 Å². The Labute approximate surface area is 89.9 Å². The van der Waals surface area contributed by atoms with Gasteiger partial charge in [0.15, 0.2) is 0 Å². The van der Waals surface area contributed by atoms with Crippen LogP contribution < -0.4 is 0 Å². The molecule has 0 aliphatic rings. The summed E-state index contributed by atoms with van der Waals surface area (Å²) < 4.78 is 37.8. The smallest absolute Gasteiger partial charge is 0.338 e. The molecular formula is C10H8F3NS. The standard InChI is InChI=1S/C10H8F3NS/c11-10(12,13)6-14-5-4-7-8(14)2-1-3-9(7)15/h1-5,15H,6H2. The number of hydrogen-bond acceptors (Lipinski definition) is 1. The van der Waals surface area contributed by atoms with Crippen molar-refractivity contribution < 1.29 is 13.2 Å². The fraction of sp³-hybridized carbons (Fsp3) is 0.200. The van der Waals surface area contributed by atoms with Gasteiger partial charge in [0.25, 0.3) is 0 Å². The highest BCUT2D eigenvalue weighted by molar-refractivity contribution is 7.80. The molecule has 0 spiro atoms. The van der Waals surface area contributed by atoms with E-state index in [0.717, 1.165) is 5.39 Å². The van der Waals surface area contributed by atoms with Crippen molar-refractivity contribution in [1.29, 1.82) is 0 Å². The van der Waals surface area contributed by atoms with E-state index >= 15 is 0 Å². The Hall–Kier alpha value is -1.10. The average Bonchev–Trinajstić information content (AvgIpc) is 2.48. The molecule has 0 saturated heterocycles. The Morgan fingerprint density at radius 2 is 1.93 bits per heavy atom. The molecule has 0 aliphatic heterocycles. The van der Waals surface area contributed by atoms with Gasteiger partial charge in [0.2, 0.25) is 0 Å². The van der Waals surface area contributed by atoms with E-state index in [2.05, 4.69) is 12.6 Å². The van der Waals surface area contributed by atoms with E-state index in [1.807, 2.05) is 0 Å². The molecule has 2 rings (SSSR count). The average molecular weight is 231 g/mol. The lowest BCUT2D eigenvalue weighted by molar-refractivity contribution is -0.139. The fourth-order valence-corrected chi connectivity index (χ4v) is 1.81. The predicted molar refractivity (Wildman–Crippen MR) is 55.2 cm³/mol. The molecule has 1 nitrogen and oxygen atoms in total. The summed E-state index contributed by atoms with van der Waals surface area (Å²) in [6, 6.07) is 6.74. The van der Waals surface area contributed by atoms with Crippen molar-refractivity contribution in [2.24, 2.45) is 0 Å². The van der Waals surface area contributed by atoms with Gasteiger partial charge >= 0.3 is 6.18 Å². The third kappa shape index (κ3) is 2.12. The fourth-order valence-electron chi connectivity index (χ4n) is 1.54. The van der Waals surface area contributed by atoms with Crippen LogP contribution in [0.1, 0.15) is 0 Å². The summed E-state index contributed by atoms with van der Waals surface area (Å²) in [5.74, 6) is 0. The number of halogens is 3. The Morgan fingerprint density at radius 3 is 2.60 bits per heavy atom. The number of rotatable bonds is 1. The molecule has 0 aliphatic carbocycles. The number of alkyl halides is 3. The molecule has 0 N–H and O–H groups in total. The molecule has 0 radical (unpaired) electrons. The first kappa shape index (κ1) is 10.4. The minimum atomic E-state index is -4.20. The van der Waals surface area contributed by atoms with Crippen LogP contribution in [0.2, 0.25) is 0 Å². The summed E-state index contributed by atoms with van der Waals surface area (Å²) in [6.45, 7) is -0.965. The SMILES string of the molecule is FC(F)(F)Cn1ccc2c(S)cccc21. The molecule has 80 valence electrons. The molecule has 0 atom stereocenters. The first-order chi connectivity index (χ1) is 6.97. The van der Waals surface area contributed by atoms with Gasteiger partial charge in [-0.05, 0) is 18.2 Å². The number of benzene rings is 1. The largest absolute Gasteiger partial charge is 0.406 e. The van der Waals surface area contributed by atoms with Crippen molar-refractivity contribution in [3.05, 3.63) is 30.5 Å². The molecule has 0 saturated carbocycles. The highest BCUT2D eigenvalue weighted by atomic mass is 32.1. The maximum absolute atomic E-state index is 12.2. The van der Waals surface area contributed by atoms with Crippen LogP contribution in [0.15, 0.2) is 35.4 Å². The molecule has 0 fully saturated rings. The van der Waals surface area contributed by atoms with Gasteiger partial charge in [-0.25, -0.2) is 0 Å². The van der Waals surface area contributed by atoms with Crippen LogP contribution in [0, 0.1) is 0 Å². The van der Waals surface area contributed by atoms with Crippen LogP contribution in [0.3, 0.4) is 0 Å². The van der Waals surface area contributed by atoms with Gasteiger partial charge < -0.3 is 4.57 Å². The lowest BCUT2D eigenvalue weighted by Crippen LogP contribution is -2.16. The van der Waals surface area contributed by atoms with Gasteiger partial charge in [0.1, 0.15) is 6.54 Å². The van der Waals surface area contributed by atoms with Crippen LogP contribution in [-0.4, -0.2) is 10.7 Å². The number of thiol groups is 1. The van der Waals surface area contributed by atoms with E-state index in [4.69, 9.17) is 0 Å². The Morgan fingerprint density at radius 1 is 1.20 bits per heavy atom. The zero-order valence-electron chi connectivity index (χ0n) is 7.62. The molecule has 2 aromatic rings. The third-order valence-electron chi connectivity index (χ3n) is 2.14. The van der Waals surface area contributed by atoms with E-state index in [9.17, 15) is 13.2 Å². The number of aromatic nitrogens is 1. The summed E-state index contributed by atoms with van der Waals surface area (Å²) in [6.07, 6.45) is -2.77. The molecule has 15 heavy (non-hydrogen) atoms. The monoisotopic (exact) mass is 231 g/mol. The van der Waals surface area contributed by atoms with Gasteiger partial charge in [-0.1, -0.05) is 6.07 Å². The van der Waals surface area contributed by atoms with Gasteiger partial charge in [-0.15, -0.1) is 12.6 Å². The van der Waals surface area contributed by atoms with E-state index in [1.165, 1.54) is 10.8 Å². The molecule has 5 heteroatoms. The molecule has 1 aromatic heterocycles. The number of hydrogen-bond donors (Lipinski definition) is 1. The number of fused-ring (bicyclic) bond motifs is 1. The van der Waals surface area contributed by atoms with Gasteiger partial charge in [0.05, 0.1) is 0 Å². The van der Waals surface area contributed by atoms with E-state index < -0.39 is 12.7 Å². The van der Waals surface area contributed by atoms with E-state index in [0.29, 0.717) is 10.4 Å². The molecular weight excluding hydrogens is 223 g/mol. The Bertz CT molecular complexity index is 487.